The molecule has 0 unspecified atom stereocenters. The van der Waals surface area contributed by atoms with Gasteiger partial charge >= 0.3 is 0 Å². The number of carbonyl (C=O) groups excluding carboxylic acids is 1. The monoisotopic (exact) mass is 414 g/mol. The van der Waals surface area contributed by atoms with Crippen molar-refractivity contribution < 1.29 is 13.2 Å². The summed E-state index contributed by atoms with van der Waals surface area (Å²) in [6.45, 7) is 4.41. The second-order valence-electron chi connectivity index (χ2n) is 6.64. The van der Waals surface area contributed by atoms with Crippen molar-refractivity contribution in [2.24, 2.45) is 0 Å². The fourth-order valence-electron chi connectivity index (χ4n) is 2.35. The summed E-state index contributed by atoms with van der Waals surface area (Å²) in [6.07, 6.45) is 1.02. The Kier molecular flexibility index (Phi) is 6.21. The van der Waals surface area contributed by atoms with Crippen LogP contribution in [0.4, 0.5) is 5.69 Å². The van der Waals surface area contributed by atoms with Crippen LogP contribution in [0.1, 0.15) is 29.8 Å². The Labute approximate surface area is 163 Å². The number of nitrogens with one attached hydrogen (secondary N) is 2. The molecule has 1 amide bonds. The van der Waals surface area contributed by atoms with Crippen LogP contribution in [0.3, 0.4) is 0 Å². The van der Waals surface area contributed by atoms with Crippen molar-refractivity contribution in [1.29, 1.82) is 0 Å². The molecule has 5 nitrogen and oxygen atoms in total. The summed E-state index contributed by atoms with van der Waals surface area (Å²) in [4.78, 5) is 12.5. The van der Waals surface area contributed by atoms with E-state index < -0.39 is 10.0 Å². The van der Waals surface area contributed by atoms with Gasteiger partial charge in [0.1, 0.15) is 0 Å². The minimum atomic E-state index is -3.49. The number of benzene rings is 2. The first-order valence-electron chi connectivity index (χ1n) is 7.79. The van der Waals surface area contributed by atoms with Crippen LogP contribution >= 0.6 is 23.2 Å². The van der Waals surface area contributed by atoms with Gasteiger partial charge in [0.05, 0.1) is 17.0 Å². The second-order valence-corrected chi connectivity index (χ2v) is 9.23. The molecule has 0 heterocycles. The molecule has 0 aromatic heterocycles. The lowest BCUT2D eigenvalue weighted by Gasteiger charge is -2.26. The molecule has 0 spiro atoms. The van der Waals surface area contributed by atoms with E-state index in [1.54, 1.807) is 6.07 Å². The molecule has 2 N–H and O–H groups in total. The Morgan fingerprint density at radius 1 is 1.08 bits per heavy atom. The van der Waals surface area contributed by atoms with E-state index in [1.807, 2.05) is 38.1 Å². The average molecular weight is 415 g/mol. The van der Waals surface area contributed by atoms with Gasteiger partial charge in [-0.2, -0.15) is 0 Å². The molecule has 8 heteroatoms. The molecular formula is C18H20Cl2N2O3S. The van der Waals surface area contributed by atoms with Gasteiger partial charge < -0.3 is 5.32 Å². The number of sulfonamides is 1. The minimum Gasteiger partial charge on any atom is -0.351 e. The first kappa shape index (κ1) is 20.6. The highest BCUT2D eigenvalue weighted by Crippen LogP contribution is 2.26. The molecule has 0 aliphatic rings. The van der Waals surface area contributed by atoms with Crippen LogP contribution < -0.4 is 10.0 Å². The maximum atomic E-state index is 12.5. The first-order valence-corrected chi connectivity index (χ1v) is 10.4. The van der Waals surface area contributed by atoms with Crippen molar-refractivity contribution >= 4 is 44.8 Å². The van der Waals surface area contributed by atoms with Gasteiger partial charge in [-0.1, -0.05) is 49.2 Å². The SMILES string of the molecule is CC(C)(CNC(=O)c1ccc(Cl)c(NS(C)(=O)=O)c1)c1ccc(Cl)cc1. The van der Waals surface area contributed by atoms with E-state index in [0.29, 0.717) is 17.1 Å². The van der Waals surface area contributed by atoms with E-state index in [4.69, 9.17) is 23.2 Å². The van der Waals surface area contributed by atoms with Crippen molar-refractivity contribution in [2.75, 3.05) is 17.5 Å². The predicted molar refractivity (Wildman–Crippen MR) is 107 cm³/mol. The van der Waals surface area contributed by atoms with Crippen molar-refractivity contribution in [2.45, 2.75) is 19.3 Å². The Bertz CT molecular complexity index is 911. The molecular weight excluding hydrogens is 395 g/mol. The smallest absolute Gasteiger partial charge is 0.251 e. The molecule has 0 saturated heterocycles. The van der Waals surface area contributed by atoms with Gasteiger partial charge in [-0.05, 0) is 35.9 Å². The molecule has 0 aliphatic heterocycles. The lowest BCUT2D eigenvalue weighted by atomic mass is 9.84. The van der Waals surface area contributed by atoms with Gasteiger partial charge in [-0.3, -0.25) is 9.52 Å². The Hall–Kier alpha value is -1.76. The van der Waals surface area contributed by atoms with E-state index in [-0.39, 0.29) is 22.0 Å². The van der Waals surface area contributed by atoms with Gasteiger partial charge in [0, 0.05) is 22.5 Å². The summed E-state index contributed by atoms with van der Waals surface area (Å²) in [5.41, 5.74) is 1.21. The fourth-order valence-corrected chi connectivity index (χ4v) is 3.27. The third-order valence-electron chi connectivity index (χ3n) is 3.84. The van der Waals surface area contributed by atoms with Gasteiger partial charge in [0.2, 0.25) is 10.0 Å². The number of hydrogen-bond acceptors (Lipinski definition) is 3. The van der Waals surface area contributed by atoms with E-state index in [1.165, 1.54) is 12.1 Å². The Morgan fingerprint density at radius 2 is 1.69 bits per heavy atom. The zero-order valence-electron chi connectivity index (χ0n) is 14.6. The Morgan fingerprint density at radius 3 is 2.27 bits per heavy atom. The Balaban J connectivity index is 2.12. The number of rotatable bonds is 6. The molecule has 2 aromatic carbocycles. The van der Waals surface area contributed by atoms with Crippen LogP contribution in [0, 0.1) is 0 Å². The molecule has 0 bridgehead atoms. The second kappa shape index (κ2) is 7.86. The van der Waals surface area contributed by atoms with Gasteiger partial charge in [0.15, 0.2) is 0 Å². The number of halogens is 2. The average Bonchev–Trinajstić information content (AvgIpc) is 2.54. The van der Waals surface area contributed by atoms with Crippen LogP contribution in [0.25, 0.3) is 0 Å². The van der Waals surface area contributed by atoms with E-state index >= 15 is 0 Å². The normalized spacial score (nSPS) is 11.9. The molecule has 0 radical (unpaired) electrons. The molecule has 0 saturated carbocycles. The molecule has 0 atom stereocenters. The molecule has 2 rings (SSSR count). The largest absolute Gasteiger partial charge is 0.351 e. The summed E-state index contributed by atoms with van der Waals surface area (Å²) in [7, 11) is -3.49. The van der Waals surface area contributed by atoms with Crippen LogP contribution in [0.5, 0.6) is 0 Å². The maximum Gasteiger partial charge on any atom is 0.251 e. The van der Waals surface area contributed by atoms with Crippen LogP contribution in [-0.4, -0.2) is 27.1 Å². The van der Waals surface area contributed by atoms with Crippen molar-refractivity contribution in [3.05, 3.63) is 63.6 Å². The van der Waals surface area contributed by atoms with Crippen molar-refractivity contribution in [1.82, 2.24) is 5.32 Å². The van der Waals surface area contributed by atoms with E-state index in [2.05, 4.69) is 10.0 Å². The molecule has 140 valence electrons. The zero-order chi connectivity index (χ0) is 19.5. The fraction of sp³-hybridized carbons (Fsp3) is 0.278. The van der Waals surface area contributed by atoms with Crippen LogP contribution in [0.15, 0.2) is 42.5 Å². The third-order valence-corrected chi connectivity index (χ3v) is 5.01. The quantitative estimate of drug-likeness (QED) is 0.747. The van der Waals surface area contributed by atoms with Gasteiger partial charge in [-0.25, -0.2) is 8.42 Å². The van der Waals surface area contributed by atoms with Crippen LogP contribution in [-0.2, 0) is 15.4 Å². The molecule has 0 fully saturated rings. The summed E-state index contributed by atoms with van der Waals surface area (Å²) in [5, 5.41) is 3.74. The summed E-state index contributed by atoms with van der Waals surface area (Å²) >= 11 is 11.9. The van der Waals surface area contributed by atoms with Crippen LogP contribution in [0.2, 0.25) is 10.0 Å². The highest BCUT2D eigenvalue weighted by Gasteiger charge is 2.22. The summed E-state index contributed by atoms with van der Waals surface area (Å²) in [5.74, 6) is -0.319. The highest BCUT2D eigenvalue weighted by molar-refractivity contribution is 7.92. The highest BCUT2D eigenvalue weighted by atomic mass is 35.5. The first-order chi connectivity index (χ1) is 12.0. The van der Waals surface area contributed by atoms with Gasteiger partial charge in [-0.15, -0.1) is 0 Å². The van der Waals surface area contributed by atoms with Crippen molar-refractivity contribution in [3.63, 3.8) is 0 Å². The van der Waals surface area contributed by atoms with Gasteiger partial charge in [0.25, 0.3) is 5.91 Å². The minimum absolute atomic E-state index is 0.166. The topological polar surface area (TPSA) is 75.3 Å². The lowest BCUT2D eigenvalue weighted by Crippen LogP contribution is -2.36. The zero-order valence-corrected chi connectivity index (χ0v) is 17.0. The summed E-state index contributed by atoms with van der Waals surface area (Å²) < 4.78 is 25.1. The predicted octanol–water partition coefficient (Wildman–Crippen LogP) is 4.07. The molecule has 2 aromatic rings. The maximum absolute atomic E-state index is 12.5. The standard InChI is InChI=1S/C18H20Cl2N2O3S/c1-18(2,13-5-7-14(19)8-6-13)11-21-17(23)12-4-9-15(20)16(10-12)22-26(3,24)25/h4-10,22H,11H2,1-3H3,(H,21,23). The number of amides is 1. The van der Waals surface area contributed by atoms with Crippen molar-refractivity contribution in [3.8, 4) is 0 Å². The number of carbonyl (C=O) groups is 1. The van der Waals surface area contributed by atoms with E-state index in [0.717, 1.165) is 11.8 Å². The molecule has 0 aliphatic carbocycles. The van der Waals surface area contributed by atoms with E-state index in [9.17, 15) is 13.2 Å². The third kappa shape index (κ3) is 5.62. The lowest BCUT2D eigenvalue weighted by molar-refractivity contribution is 0.0945. The number of hydrogen-bond donors (Lipinski definition) is 2. The number of anilines is 1. The summed E-state index contributed by atoms with van der Waals surface area (Å²) in [6, 6.07) is 11.9. The molecule has 26 heavy (non-hydrogen) atoms.